The van der Waals surface area contributed by atoms with Crippen molar-refractivity contribution in [1.29, 1.82) is 0 Å². The normalized spacial score (nSPS) is 13.0. The minimum atomic E-state index is -0.359. The Labute approximate surface area is 131 Å². The van der Waals surface area contributed by atoms with Crippen LogP contribution in [0.1, 0.15) is 65.5 Å². The van der Waals surface area contributed by atoms with Crippen molar-refractivity contribution in [3.8, 4) is 0 Å². The average Bonchev–Trinajstić information content (AvgIpc) is 2.46. The first-order chi connectivity index (χ1) is 9.95. The molecule has 1 atom stereocenters. The monoisotopic (exact) mass is 291 g/mol. The first kappa shape index (κ1) is 18.0. The Bertz CT molecular complexity index is 388. The molecule has 0 amide bonds. The lowest BCUT2D eigenvalue weighted by Gasteiger charge is -2.29. The van der Waals surface area contributed by atoms with Gasteiger partial charge in [-0.05, 0) is 37.2 Å². The van der Waals surface area contributed by atoms with E-state index in [0.29, 0.717) is 11.8 Å². The van der Waals surface area contributed by atoms with Gasteiger partial charge in [0.1, 0.15) is 0 Å². The van der Waals surface area contributed by atoms with Gasteiger partial charge in [-0.25, -0.2) is 0 Å². The molecule has 0 aliphatic carbocycles. The highest BCUT2D eigenvalue weighted by Gasteiger charge is 2.16. The second-order valence-corrected chi connectivity index (χ2v) is 6.83. The summed E-state index contributed by atoms with van der Waals surface area (Å²) in [6.45, 7) is 13.3. The Kier molecular flexibility index (Phi) is 7.81. The lowest BCUT2D eigenvalue weighted by atomic mass is 10.0. The van der Waals surface area contributed by atoms with Crippen molar-refractivity contribution < 1.29 is 5.11 Å². The van der Waals surface area contributed by atoms with Crippen LogP contribution in [0.15, 0.2) is 24.3 Å². The molecule has 0 unspecified atom stereocenters. The summed E-state index contributed by atoms with van der Waals surface area (Å²) >= 11 is 0. The number of hydrogen-bond acceptors (Lipinski definition) is 2. The summed E-state index contributed by atoms with van der Waals surface area (Å²) in [4.78, 5) is 2.47. The number of anilines is 1. The Morgan fingerprint density at radius 2 is 1.48 bits per heavy atom. The molecule has 1 N–H and O–H groups in total. The zero-order valence-electron chi connectivity index (χ0n) is 14.5. The van der Waals surface area contributed by atoms with Gasteiger partial charge < -0.3 is 10.0 Å². The van der Waals surface area contributed by atoms with E-state index in [1.807, 2.05) is 13.0 Å². The van der Waals surface area contributed by atoms with Crippen LogP contribution in [0.5, 0.6) is 0 Å². The molecule has 21 heavy (non-hydrogen) atoms. The molecule has 2 heteroatoms. The molecule has 0 radical (unpaired) electrons. The predicted octanol–water partition coefficient (Wildman–Crippen LogP) is 5.03. The molecule has 0 bridgehead atoms. The van der Waals surface area contributed by atoms with Gasteiger partial charge >= 0.3 is 0 Å². The van der Waals surface area contributed by atoms with Gasteiger partial charge in [0.05, 0.1) is 6.10 Å². The molecular weight excluding hydrogens is 258 g/mol. The SMILES string of the molecule is CC[C@H](O)c1ccccc1N(CCC(C)C)CCC(C)C. The van der Waals surface area contributed by atoms with Crippen molar-refractivity contribution in [3.63, 3.8) is 0 Å². The van der Waals surface area contributed by atoms with Crippen LogP contribution in [0, 0.1) is 11.8 Å². The Hall–Kier alpha value is -1.02. The molecule has 1 rings (SSSR count). The second kappa shape index (κ2) is 9.09. The van der Waals surface area contributed by atoms with Crippen LogP contribution in [-0.2, 0) is 0 Å². The third kappa shape index (κ3) is 6.09. The van der Waals surface area contributed by atoms with E-state index >= 15 is 0 Å². The van der Waals surface area contributed by atoms with Gasteiger partial charge in [0.2, 0.25) is 0 Å². The third-order valence-electron chi connectivity index (χ3n) is 3.98. The predicted molar refractivity (Wildman–Crippen MR) is 92.8 cm³/mol. The van der Waals surface area contributed by atoms with Crippen molar-refractivity contribution in [2.45, 2.75) is 60.0 Å². The molecule has 1 aromatic carbocycles. The molecular formula is C19H33NO. The number of aliphatic hydroxyl groups is 1. The van der Waals surface area contributed by atoms with Crippen molar-refractivity contribution in [2.24, 2.45) is 11.8 Å². The maximum atomic E-state index is 10.3. The molecule has 0 spiro atoms. The van der Waals surface area contributed by atoms with E-state index in [0.717, 1.165) is 25.1 Å². The second-order valence-electron chi connectivity index (χ2n) is 6.83. The first-order valence-corrected chi connectivity index (χ1v) is 8.47. The van der Waals surface area contributed by atoms with E-state index in [1.165, 1.54) is 18.5 Å². The van der Waals surface area contributed by atoms with Gasteiger partial charge in [-0.15, -0.1) is 0 Å². The summed E-state index contributed by atoms with van der Waals surface area (Å²) < 4.78 is 0. The Morgan fingerprint density at radius 1 is 0.952 bits per heavy atom. The van der Waals surface area contributed by atoms with Crippen molar-refractivity contribution in [3.05, 3.63) is 29.8 Å². The highest BCUT2D eigenvalue weighted by atomic mass is 16.3. The van der Waals surface area contributed by atoms with Crippen LogP contribution in [0.4, 0.5) is 5.69 Å². The molecule has 0 saturated heterocycles. The Balaban J connectivity index is 2.95. The highest BCUT2D eigenvalue weighted by molar-refractivity contribution is 5.54. The number of benzene rings is 1. The molecule has 1 aromatic rings. The van der Waals surface area contributed by atoms with Crippen LogP contribution in [-0.4, -0.2) is 18.2 Å². The van der Waals surface area contributed by atoms with Gasteiger partial charge in [0.15, 0.2) is 0 Å². The number of nitrogens with zero attached hydrogens (tertiary/aromatic N) is 1. The van der Waals surface area contributed by atoms with Gasteiger partial charge in [-0.2, -0.15) is 0 Å². The fraction of sp³-hybridized carbons (Fsp3) is 0.684. The van der Waals surface area contributed by atoms with E-state index in [-0.39, 0.29) is 6.10 Å². The van der Waals surface area contributed by atoms with Crippen molar-refractivity contribution >= 4 is 5.69 Å². The molecule has 2 nitrogen and oxygen atoms in total. The number of rotatable bonds is 9. The first-order valence-electron chi connectivity index (χ1n) is 8.47. The highest BCUT2D eigenvalue weighted by Crippen LogP contribution is 2.29. The average molecular weight is 291 g/mol. The maximum Gasteiger partial charge on any atom is 0.0807 e. The minimum Gasteiger partial charge on any atom is -0.388 e. The molecule has 0 aliphatic heterocycles. The zero-order valence-corrected chi connectivity index (χ0v) is 14.5. The van der Waals surface area contributed by atoms with Crippen LogP contribution in [0.2, 0.25) is 0 Å². The quantitative estimate of drug-likeness (QED) is 0.690. The maximum absolute atomic E-state index is 10.3. The Morgan fingerprint density at radius 3 is 1.95 bits per heavy atom. The van der Waals surface area contributed by atoms with Gasteiger partial charge in [0, 0.05) is 24.3 Å². The number of para-hydroxylation sites is 1. The molecule has 0 fully saturated rings. The smallest absolute Gasteiger partial charge is 0.0807 e. The topological polar surface area (TPSA) is 23.5 Å². The summed E-state index contributed by atoms with van der Waals surface area (Å²) in [7, 11) is 0. The molecule has 0 aliphatic rings. The third-order valence-corrected chi connectivity index (χ3v) is 3.98. The van der Waals surface area contributed by atoms with Gasteiger partial charge in [-0.3, -0.25) is 0 Å². The van der Waals surface area contributed by atoms with E-state index in [9.17, 15) is 5.11 Å². The summed E-state index contributed by atoms with van der Waals surface area (Å²) in [5.74, 6) is 1.41. The van der Waals surface area contributed by atoms with E-state index in [2.05, 4.69) is 50.8 Å². The summed E-state index contributed by atoms with van der Waals surface area (Å²) in [6, 6.07) is 8.34. The van der Waals surface area contributed by atoms with Crippen LogP contribution in [0.25, 0.3) is 0 Å². The molecule has 0 saturated carbocycles. The van der Waals surface area contributed by atoms with Crippen LogP contribution < -0.4 is 4.90 Å². The molecule has 120 valence electrons. The standard InChI is InChI=1S/C19H33NO/c1-6-19(21)17-9-7-8-10-18(17)20(13-11-15(2)3)14-12-16(4)5/h7-10,15-16,19,21H,6,11-14H2,1-5H3/t19-/m0/s1. The summed E-state index contributed by atoms with van der Waals surface area (Å²) in [5.41, 5.74) is 2.29. The number of aliphatic hydroxyl groups excluding tert-OH is 1. The molecule has 0 heterocycles. The van der Waals surface area contributed by atoms with E-state index < -0.39 is 0 Å². The zero-order chi connectivity index (χ0) is 15.8. The van der Waals surface area contributed by atoms with E-state index in [1.54, 1.807) is 0 Å². The van der Waals surface area contributed by atoms with Crippen molar-refractivity contribution in [1.82, 2.24) is 0 Å². The van der Waals surface area contributed by atoms with Crippen LogP contribution in [0.3, 0.4) is 0 Å². The summed E-state index contributed by atoms with van der Waals surface area (Å²) in [5, 5.41) is 10.3. The lowest BCUT2D eigenvalue weighted by molar-refractivity contribution is 0.174. The van der Waals surface area contributed by atoms with Crippen molar-refractivity contribution in [2.75, 3.05) is 18.0 Å². The van der Waals surface area contributed by atoms with Gasteiger partial charge in [0.25, 0.3) is 0 Å². The molecule has 0 aromatic heterocycles. The lowest BCUT2D eigenvalue weighted by Crippen LogP contribution is -2.28. The number of hydrogen-bond donors (Lipinski definition) is 1. The van der Waals surface area contributed by atoms with Crippen LogP contribution >= 0.6 is 0 Å². The van der Waals surface area contributed by atoms with Gasteiger partial charge in [-0.1, -0.05) is 52.8 Å². The van der Waals surface area contributed by atoms with E-state index in [4.69, 9.17) is 0 Å². The minimum absolute atomic E-state index is 0.359. The summed E-state index contributed by atoms with van der Waals surface area (Å²) in [6.07, 6.45) is 2.78. The fourth-order valence-electron chi connectivity index (χ4n) is 2.46. The largest absolute Gasteiger partial charge is 0.388 e. The fourth-order valence-corrected chi connectivity index (χ4v) is 2.46.